The summed E-state index contributed by atoms with van der Waals surface area (Å²) >= 11 is 0. The summed E-state index contributed by atoms with van der Waals surface area (Å²) in [6, 6.07) is 10.7. The predicted octanol–water partition coefficient (Wildman–Crippen LogP) is 3.34. The molecule has 1 fully saturated rings. The molecular weight excluding hydrogens is 390 g/mol. The van der Waals surface area contributed by atoms with Gasteiger partial charge in [-0.2, -0.15) is 5.10 Å². The lowest BCUT2D eigenvalue weighted by molar-refractivity contribution is -0.0390. The molecule has 1 aliphatic heterocycles. The van der Waals surface area contributed by atoms with Crippen molar-refractivity contribution in [1.82, 2.24) is 20.4 Å². The van der Waals surface area contributed by atoms with Gasteiger partial charge in [-0.05, 0) is 57.2 Å². The molecule has 2 aromatic rings. The van der Waals surface area contributed by atoms with Crippen LogP contribution in [0.3, 0.4) is 0 Å². The second kappa shape index (κ2) is 12.5. The Kier molecular flexibility index (Phi) is 9.37. The lowest BCUT2D eigenvalue weighted by Gasteiger charge is -2.22. The topological polar surface area (TPSA) is 72.7 Å². The van der Waals surface area contributed by atoms with Crippen molar-refractivity contribution in [3.8, 4) is 0 Å². The number of hydrogen-bond donors (Lipinski definition) is 2. The first-order valence-corrected chi connectivity index (χ1v) is 11.4. The van der Waals surface area contributed by atoms with Crippen LogP contribution in [-0.2, 0) is 29.2 Å². The number of benzene rings is 1. The first-order valence-electron chi connectivity index (χ1n) is 11.4. The van der Waals surface area contributed by atoms with Crippen LogP contribution in [0.1, 0.15) is 48.7 Å². The van der Waals surface area contributed by atoms with Gasteiger partial charge in [0.1, 0.15) is 0 Å². The van der Waals surface area contributed by atoms with Crippen molar-refractivity contribution < 1.29 is 9.47 Å². The molecule has 3 rings (SSSR count). The van der Waals surface area contributed by atoms with Gasteiger partial charge in [0, 0.05) is 38.5 Å². The van der Waals surface area contributed by atoms with Crippen molar-refractivity contribution in [2.45, 2.75) is 65.8 Å². The molecule has 1 saturated heterocycles. The summed E-state index contributed by atoms with van der Waals surface area (Å²) < 4.78 is 13.4. The monoisotopic (exact) mass is 427 g/mol. The maximum atomic E-state index is 6.00. The summed E-state index contributed by atoms with van der Waals surface area (Å²) in [7, 11) is 0. The number of aryl methyl sites for hydroxylation is 3. The number of aliphatic imine (C=N–C) groups is 1. The Hall–Kier alpha value is -2.38. The molecule has 31 heavy (non-hydrogen) atoms. The van der Waals surface area contributed by atoms with E-state index < -0.39 is 0 Å². The van der Waals surface area contributed by atoms with Crippen LogP contribution in [0, 0.1) is 13.8 Å². The highest BCUT2D eigenvalue weighted by atomic mass is 16.5. The standard InChI is InChI=1S/C24H37N5O2/c1-4-25-24(26-12-5-13-29-20(3)16-19(2)28-29)27-17-21-6-8-22(9-7-21)18-31-23-10-14-30-15-11-23/h6-9,16,23H,4-5,10-15,17-18H2,1-3H3,(H2,25,26,27). The fourth-order valence-corrected chi connectivity index (χ4v) is 3.65. The van der Waals surface area contributed by atoms with E-state index >= 15 is 0 Å². The zero-order valence-corrected chi connectivity index (χ0v) is 19.2. The molecule has 1 aliphatic rings. The van der Waals surface area contributed by atoms with Crippen molar-refractivity contribution in [3.05, 3.63) is 52.8 Å². The average Bonchev–Trinajstić information content (AvgIpc) is 3.11. The number of aromatic nitrogens is 2. The van der Waals surface area contributed by atoms with Crippen molar-refractivity contribution >= 4 is 5.96 Å². The summed E-state index contributed by atoms with van der Waals surface area (Å²) in [4.78, 5) is 4.73. The molecule has 0 bridgehead atoms. The Morgan fingerprint density at radius 1 is 1.16 bits per heavy atom. The Labute approximate surface area is 186 Å². The molecule has 0 atom stereocenters. The normalized spacial score (nSPS) is 15.3. The minimum Gasteiger partial charge on any atom is -0.381 e. The van der Waals surface area contributed by atoms with E-state index in [4.69, 9.17) is 14.5 Å². The van der Waals surface area contributed by atoms with Gasteiger partial charge in [-0.25, -0.2) is 4.99 Å². The summed E-state index contributed by atoms with van der Waals surface area (Å²) in [5.41, 5.74) is 4.67. The third-order valence-corrected chi connectivity index (χ3v) is 5.38. The van der Waals surface area contributed by atoms with Crippen molar-refractivity contribution in [2.75, 3.05) is 26.3 Å². The van der Waals surface area contributed by atoms with Crippen LogP contribution in [0.15, 0.2) is 35.3 Å². The third-order valence-electron chi connectivity index (χ3n) is 5.38. The number of ether oxygens (including phenoxy) is 2. The van der Waals surface area contributed by atoms with Crippen molar-refractivity contribution in [1.29, 1.82) is 0 Å². The van der Waals surface area contributed by atoms with Crippen molar-refractivity contribution in [3.63, 3.8) is 0 Å². The Balaban J connectivity index is 1.41. The van der Waals surface area contributed by atoms with E-state index in [2.05, 4.69) is 64.6 Å². The highest BCUT2D eigenvalue weighted by Crippen LogP contribution is 2.14. The van der Waals surface area contributed by atoms with Gasteiger partial charge in [-0.3, -0.25) is 4.68 Å². The van der Waals surface area contributed by atoms with Crippen LogP contribution in [-0.4, -0.2) is 48.1 Å². The van der Waals surface area contributed by atoms with E-state index in [1.54, 1.807) is 0 Å². The molecule has 7 heteroatoms. The number of guanidine groups is 1. The Bertz CT molecular complexity index is 810. The molecule has 0 saturated carbocycles. The Morgan fingerprint density at radius 3 is 2.58 bits per heavy atom. The smallest absolute Gasteiger partial charge is 0.191 e. The lowest BCUT2D eigenvalue weighted by Crippen LogP contribution is -2.38. The quantitative estimate of drug-likeness (QED) is 0.346. The van der Waals surface area contributed by atoms with Gasteiger partial charge in [0.15, 0.2) is 5.96 Å². The summed E-state index contributed by atoms with van der Waals surface area (Å²) in [5.74, 6) is 0.850. The fourth-order valence-electron chi connectivity index (χ4n) is 3.65. The van der Waals surface area contributed by atoms with E-state index in [1.165, 1.54) is 16.8 Å². The summed E-state index contributed by atoms with van der Waals surface area (Å²) in [5, 5.41) is 11.3. The highest BCUT2D eigenvalue weighted by molar-refractivity contribution is 5.79. The molecule has 1 aromatic heterocycles. The van der Waals surface area contributed by atoms with Crippen LogP contribution in [0.25, 0.3) is 0 Å². The van der Waals surface area contributed by atoms with Gasteiger partial charge in [-0.15, -0.1) is 0 Å². The van der Waals surface area contributed by atoms with Gasteiger partial charge >= 0.3 is 0 Å². The maximum absolute atomic E-state index is 6.00. The van der Waals surface area contributed by atoms with Crippen molar-refractivity contribution in [2.24, 2.45) is 4.99 Å². The molecule has 2 N–H and O–H groups in total. The van der Waals surface area contributed by atoms with Gasteiger partial charge in [-0.1, -0.05) is 24.3 Å². The van der Waals surface area contributed by atoms with Crippen LogP contribution >= 0.6 is 0 Å². The van der Waals surface area contributed by atoms with E-state index in [0.717, 1.165) is 63.8 Å². The molecule has 7 nitrogen and oxygen atoms in total. The van der Waals surface area contributed by atoms with Crippen LogP contribution in [0.2, 0.25) is 0 Å². The SMILES string of the molecule is CCNC(=NCc1ccc(COC2CCOCC2)cc1)NCCCn1nc(C)cc1C. The first-order chi connectivity index (χ1) is 15.1. The molecule has 0 unspecified atom stereocenters. The van der Waals surface area contributed by atoms with Crippen LogP contribution < -0.4 is 10.6 Å². The molecule has 170 valence electrons. The summed E-state index contributed by atoms with van der Waals surface area (Å²) in [6.07, 6.45) is 3.31. The van der Waals surface area contributed by atoms with Gasteiger partial charge in [0.25, 0.3) is 0 Å². The van der Waals surface area contributed by atoms with E-state index in [9.17, 15) is 0 Å². The minimum absolute atomic E-state index is 0.327. The second-order valence-electron chi connectivity index (χ2n) is 8.06. The minimum atomic E-state index is 0.327. The van der Waals surface area contributed by atoms with Gasteiger partial charge in [0.05, 0.1) is 24.9 Å². The molecule has 0 aliphatic carbocycles. The number of rotatable bonds is 10. The second-order valence-corrected chi connectivity index (χ2v) is 8.06. The number of nitrogens with one attached hydrogen (secondary N) is 2. The average molecular weight is 428 g/mol. The van der Waals surface area contributed by atoms with Crippen LogP contribution in [0.4, 0.5) is 0 Å². The first kappa shape index (κ1) is 23.3. The number of nitrogens with zero attached hydrogens (tertiary/aromatic N) is 3. The predicted molar refractivity (Wildman–Crippen MR) is 124 cm³/mol. The zero-order valence-electron chi connectivity index (χ0n) is 19.2. The van der Waals surface area contributed by atoms with Gasteiger partial charge in [0.2, 0.25) is 0 Å². The van der Waals surface area contributed by atoms with E-state index in [-0.39, 0.29) is 0 Å². The van der Waals surface area contributed by atoms with E-state index in [1.807, 2.05) is 6.92 Å². The molecule has 0 radical (unpaired) electrons. The fraction of sp³-hybridized carbons (Fsp3) is 0.583. The van der Waals surface area contributed by atoms with E-state index in [0.29, 0.717) is 19.3 Å². The molecule has 2 heterocycles. The lowest BCUT2D eigenvalue weighted by atomic mass is 10.1. The molecule has 1 aromatic carbocycles. The van der Waals surface area contributed by atoms with Gasteiger partial charge < -0.3 is 20.1 Å². The number of hydrogen-bond acceptors (Lipinski definition) is 4. The largest absolute Gasteiger partial charge is 0.381 e. The highest BCUT2D eigenvalue weighted by Gasteiger charge is 2.13. The Morgan fingerprint density at radius 2 is 1.90 bits per heavy atom. The molecular formula is C24H37N5O2. The molecule has 0 amide bonds. The zero-order chi connectivity index (χ0) is 21.9. The third kappa shape index (κ3) is 7.99. The summed E-state index contributed by atoms with van der Waals surface area (Å²) in [6.45, 7) is 11.7. The molecule has 0 spiro atoms. The van der Waals surface area contributed by atoms with Crippen LogP contribution in [0.5, 0.6) is 0 Å². The maximum Gasteiger partial charge on any atom is 0.191 e.